The van der Waals surface area contributed by atoms with Crippen molar-refractivity contribution < 1.29 is 22.7 Å². The number of carbonyl (C=O) groups is 1. The van der Waals surface area contributed by atoms with Crippen LogP contribution < -0.4 is 14.8 Å². The van der Waals surface area contributed by atoms with Gasteiger partial charge in [-0.15, -0.1) is 0 Å². The normalized spacial score (nSPS) is 11.2. The molecule has 0 unspecified atom stereocenters. The van der Waals surface area contributed by atoms with Crippen LogP contribution in [0.1, 0.15) is 5.56 Å². The number of anilines is 1. The highest BCUT2D eigenvalue weighted by Crippen LogP contribution is 2.28. The Morgan fingerprint density at radius 1 is 1.23 bits per heavy atom. The molecule has 9 heteroatoms. The van der Waals surface area contributed by atoms with Gasteiger partial charge in [-0.1, -0.05) is 6.07 Å². The van der Waals surface area contributed by atoms with Gasteiger partial charge in [0.05, 0.1) is 32.7 Å². The fourth-order valence-corrected chi connectivity index (χ4v) is 2.98. The number of benzene rings is 1. The van der Waals surface area contributed by atoms with E-state index < -0.39 is 15.9 Å². The molecule has 0 saturated heterocycles. The van der Waals surface area contributed by atoms with Crippen molar-refractivity contribution in [3.63, 3.8) is 0 Å². The molecule has 0 aliphatic heterocycles. The van der Waals surface area contributed by atoms with E-state index in [1.165, 1.54) is 14.2 Å². The first-order valence-electron chi connectivity index (χ1n) is 7.69. The molecule has 140 valence electrons. The zero-order valence-corrected chi connectivity index (χ0v) is 15.6. The van der Waals surface area contributed by atoms with Gasteiger partial charge in [-0.25, -0.2) is 8.42 Å². The second-order valence-corrected chi connectivity index (χ2v) is 7.49. The van der Waals surface area contributed by atoms with E-state index in [1.54, 1.807) is 42.7 Å². The highest BCUT2D eigenvalue weighted by atomic mass is 32.2. The fourth-order valence-electron chi connectivity index (χ4n) is 2.25. The summed E-state index contributed by atoms with van der Waals surface area (Å²) in [4.78, 5) is 16.4. The van der Waals surface area contributed by atoms with Crippen LogP contribution >= 0.6 is 0 Å². The molecular weight excluding hydrogens is 358 g/mol. The standard InChI is InChI=1S/C17H21N3O5S/c1-24-14-6-7-16(25-2)15(9-14)19-17(21)12-20(26(3,22)23)11-13-5-4-8-18-10-13/h4-10H,11-12H2,1-3H3,(H,19,21). The molecule has 0 aliphatic carbocycles. The Morgan fingerprint density at radius 2 is 2.00 bits per heavy atom. The molecule has 1 N–H and O–H groups in total. The van der Waals surface area contributed by atoms with Crippen molar-refractivity contribution in [2.45, 2.75) is 6.54 Å². The van der Waals surface area contributed by atoms with E-state index in [-0.39, 0.29) is 13.1 Å². The third kappa shape index (κ3) is 5.43. The second-order valence-electron chi connectivity index (χ2n) is 5.51. The number of amides is 1. The lowest BCUT2D eigenvalue weighted by Crippen LogP contribution is -2.37. The number of hydrogen-bond donors (Lipinski definition) is 1. The summed E-state index contributed by atoms with van der Waals surface area (Å²) in [5, 5.41) is 2.66. The van der Waals surface area contributed by atoms with Crippen molar-refractivity contribution in [2.75, 3.05) is 32.3 Å². The highest BCUT2D eigenvalue weighted by Gasteiger charge is 2.21. The minimum atomic E-state index is -3.59. The van der Waals surface area contributed by atoms with Gasteiger partial charge in [-0.05, 0) is 23.8 Å². The number of hydrogen-bond acceptors (Lipinski definition) is 6. The summed E-state index contributed by atoms with van der Waals surface area (Å²) in [7, 11) is -0.609. The van der Waals surface area contributed by atoms with Gasteiger partial charge < -0.3 is 14.8 Å². The number of rotatable bonds is 8. The van der Waals surface area contributed by atoms with Gasteiger partial charge in [0.1, 0.15) is 11.5 Å². The molecule has 26 heavy (non-hydrogen) atoms. The van der Waals surface area contributed by atoms with Crippen LogP contribution in [0.25, 0.3) is 0 Å². The molecule has 0 fully saturated rings. The smallest absolute Gasteiger partial charge is 0.239 e. The summed E-state index contributed by atoms with van der Waals surface area (Å²) in [5.41, 5.74) is 1.08. The van der Waals surface area contributed by atoms with Crippen LogP contribution in [0.15, 0.2) is 42.7 Å². The maximum absolute atomic E-state index is 12.4. The Bertz CT molecular complexity index is 856. The van der Waals surface area contributed by atoms with Crippen molar-refractivity contribution in [1.29, 1.82) is 0 Å². The number of pyridine rings is 1. The second kappa shape index (κ2) is 8.63. The van der Waals surface area contributed by atoms with Crippen molar-refractivity contribution in [1.82, 2.24) is 9.29 Å². The van der Waals surface area contributed by atoms with Gasteiger partial charge >= 0.3 is 0 Å². The zero-order valence-electron chi connectivity index (χ0n) is 14.8. The van der Waals surface area contributed by atoms with Crippen molar-refractivity contribution in [3.05, 3.63) is 48.3 Å². The molecule has 2 rings (SSSR count). The minimum Gasteiger partial charge on any atom is -0.497 e. The van der Waals surface area contributed by atoms with Crippen LogP contribution in [0, 0.1) is 0 Å². The van der Waals surface area contributed by atoms with Crippen LogP contribution in [0.5, 0.6) is 11.5 Å². The van der Waals surface area contributed by atoms with Gasteiger partial charge in [0.15, 0.2) is 0 Å². The maximum Gasteiger partial charge on any atom is 0.239 e. The molecule has 1 aromatic heterocycles. The molecular formula is C17H21N3O5S. The fraction of sp³-hybridized carbons (Fsp3) is 0.294. The van der Waals surface area contributed by atoms with E-state index in [1.807, 2.05) is 0 Å². The Balaban J connectivity index is 2.15. The number of nitrogens with one attached hydrogen (secondary N) is 1. The van der Waals surface area contributed by atoms with E-state index in [9.17, 15) is 13.2 Å². The number of aromatic nitrogens is 1. The van der Waals surface area contributed by atoms with Gasteiger partial charge in [0, 0.05) is 25.0 Å². The third-order valence-electron chi connectivity index (χ3n) is 3.55. The predicted octanol–water partition coefficient (Wildman–Crippen LogP) is 1.50. The lowest BCUT2D eigenvalue weighted by atomic mass is 10.2. The van der Waals surface area contributed by atoms with E-state index in [0.717, 1.165) is 10.6 Å². The van der Waals surface area contributed by atoms with Crippen molar-refractivity contribution >= 4 is 21.6 Å². The average Bonchev–Trinajstić information content (AvgIpc) is 2.61. The van der Waals surface area contributed by atoms with E-state index in [4.69, 9.17) is 9.47 Å². The third-order valence-corrected chi connectivity index (χ3v) is 4.75. The van der Waals surface area contributed by atoms with Gasteiger partial charge in [-0.2, -0.15) is 4.31 Å². The molecule has 0 spiro atoms. The summed E-state index contributed by atoms with van der Waals surface area (Å²) in [5.74, 6) is 0.486. The highest BCUT2D eigenvalue weighted by molar-refractivity contribution is 7.88. The Kier molecular flexibility index (Phi) is 6.53. The SMILES string of the molecule is COc1ccc(OC)c(NC(=O)CN(Cc2cccnc2)S(C)(=O)=O)c1. The largest absolute Gasteiger partial charge is 0.497 e. The summed E-state index contributed by atoms with van der Waals surface area (Å²) in [6.45, 7) is -0.288. The first-order chi connectivity index (χ1) is 12.3. The maximum atomic E-state index is 12.4. The van der Waals surface area contributed by atoms with Crippen LogP contribution in [0.4, 0.5) is 5.69 Å². The van der Waals surface area contributed by atoms with Gasteiger partial charge in [0.2, 0.25) is 15.9 Å². The summed E-state index contributed by atoms with van der Waals surface area (Å²) >= 11 is 0. The molecule has 1 amide bonds. The minimum absolute atomic E-state index is 0.0509. The molecule has 0 atom stereocenters. The van der Waals surface area contributed by atoms with Gasteiger partial charge in [0.25, 0.3) is 0 Å². The summed E-state index contributed by atoms with van der Waals surface area (Å²) < 4.78 is 35.5. The Morgan fingerprint density at radius 3 is 2.58 bits per heavy atom. The topological polar surface area (TPSA) is 97.8 Å². The predicted molar refractivity (Wildman–Crippen MR) is 97.7 cm³/mol. The van der Waals surface area contributed by atoms with Crippen LogP contribution in [0.3, 0.4) is 0 Å². The van der Waals surface area contributed by atoms with E-state index in [0.29, 0.717) is 22.7 Å². The number of ether oxygens (including phenoxy) is 2. The number of methoxy groups -OCH3 is 2. The van der Waals surface area contributed by atoms with Crippen molar-refractivity contribution in [2.24, 2.45) is 0 Å². The molecule has 8 nitrogen and oxygen atoms in total. The van der Waals surface area contributed by atoms with Crippen molar-refractivity contribution in [3.8, 4) is 11.5 Å². The molecule has 0 saturated carbocycles. The first-order valence-corrected chi connectivity index (χ1v) is 9.54. The molecule has 0 radical (unpaired) electrons. The first kappa shape index (κ1) is 19.7. The number of nitrogens with zero attached hydrogens (tertiary/aromatic N) is 2. The Hall–Kier alpha value is -2.65. The van der Waals surface area contributed by atoms with E-state index >= 15 is 0 Å². The lowest BCUT2D eigenvalue weighted by molar-refractivity contribution is -0.116. The molecule has 1 heterocycles. The molecule has 1 aromatic carbocycles. The molecule has 2 aromatic rings. The quantitative estimate of drug-likeness (QED) is 0.746. The van der Waals surface area contributed by atoms with Crippen LogP contribution in [-0.4, -0.2) is 50.6 Å². The zero-order chi connectivity index (χ0) is 19.2. The molecule has 0 bridgehead atoms. The monoisotopic (exact) mass is 379 g/mol. The average molecular weight is 379 g/mol. The van der Waals surface area contributed by atoms with Gasteiger partial charge in [-0.3, -0.25) is 9.78 Å². The molecule has 0 aliphatic rings. The Labute approximate surface area is 152 Å². The number of sulfonamides is 1. The lowest BCUT2D eigenvalue weighted by Gasteiger charge is -2.20. The summed E-state index contributed by atoms with van der Waals surface area (Å²) in [6, 6.07) is 8.39. The number of carbonyl (C=O) groups excluding carboxylic acids is 1. The van der Waals surface area contributed by atoms with Crippen LogP contribution in [0.2, 0.25) is 0 Å². The van der Waals surface area contributed by atoms with Crippen LogP contribution in [-0.2, 0) is 21.4 Å². The van der Waals surface area contributed by atoms with E-state index in [2.05, 4.69) is 10.3 Å². The summed E-state index contributed by atoms with van der Waals surface area (Å²) in [6.07, 6.45) is 4.21.